The van der Waals surface area contributed by atoms with Crippen molar-refractivity contribution in [2.45, 2.75) is 32.8 Å². The second-order valence-corrected chi connectivity index (χ2v) is 5.29. The van der Waals surface area contributed by atoms with Gasteiger partial charge in [0.25, 0.3) is 0 Å². The number of carbonyl (C=O) groups is 2. The molecule has 0 aromatic heterocycles. The van der Waals surface area contributed by atoms with E-state index in [0.717, 1.165) is 13.0 Å². The molecule has 19 heavy (non-hydrogen) atoms. The summed E-state index contributed by atoms with van der Waals surface area (Å²) in [5, 5.41) is 12.5. The number of hydrogen-bond donors (Lipinski definition) is 2. The number of β-amino-alcohol motifs (C(OH)–C–C–N with tert-alkyl or cyclic N) is 1. The van der Waals surface area contributed by atoms with E-state index in [9.17, 15) is 14.7 Å². The van der Waals surface area contributed by atoms with Crippen molar-refractivity contribution in [2.24, 2.45) is 5.41 Å². The van der Waals surface area contributed by atoms with Crippen molar-refractivity contribution in [1.82, 2.24) is 10.2 Å². The van der Waals surface area contributed by atoms with E-state index in [4.69, 9.17) is 4.74 Å². The fourth-order valence-electron chi connectivity index (χ4n) is 2.47. The number of carbonyl (C=O) groups excluding carboxylic acids is 2. The van der Waals surface area contributed by atoms with Crippen LogP contribution in [-0.2, 0) is 14.3 Å². The third-order valence-electron chi connectivity index (χ3n) is 3.50. The first-order chi connectivity index (χ1) is 8.91. The fraction of sp³-hybridized carbons (Fsp3) is 0.846. The fourth-order valence-corrected chi connectivity index (χ4v) is 2.47. The molecule has 0 saturated carbocycles. The van der Waals surface area contributed by atoms with Crippen LogP contribution in [0.4, 0.5) is 0 Å². The third-order valence-corrected chi connectivity index (χ3v) is 3.50. The summed E-state index contributed by atoms with van der Waals surface area (Å²) in [6.45, 7) is 5.73. The number of nitrogens with zero attached hydrogens (tertiary/aromatic N) is 1. The monoisotopic (exact) mass is 272 g/mol. The molecule has 1 aliphatic heterocycles. The number of esters is 1. The first-order valence-electron chi connectivity index (χ1n) is 6.69. The van der Waals surface area contributed by atoms with Crippen LogP contribution in [0.1, 0.15) is 26.7 Å². The second kappa shape index (κ2) is 6.86. The summed E-state index contributed by atoms with van der Waals surface area (Å²) in [7, 11) is 1.63. The van der Waals surface area contributed by atoms with Gasteiger partial charge in [-0.05, 0) is 26.8 Å². The molecule has 2 N–H and O–H groups in total. The molecule has 0 radical (unpaired) electrons. The van der Waals surface area contributed by atoms with Crippen molar-refractivity contribution in [3.8, 4) is 0 Å². The van der Waals surface area contributed by atoms with Crippen LogP contribution in [0.25, 0.3) is 0 Å². The molecule has 1 aliphatic rings. The summed E-state index contributed by atoms with van der Waals surface area (Å²) in [5.41, 5.74) is -0.404. The highest BCUT2D eigenvalue weighted by Gasteiger charge is 2.40. The van der Waals surface area contributed by atoms with Gasteiger partial charge in [0, 0.05) is 20.1 Å². The Morgan fingerprint density at radius 2 is 2.21 bits per heavy atom. The molecule has 110 valence electrons. The van der Waals surface area contributed by atoms with Crippen LogP contribution in [-0.4, -0.2) is 61.3 Å². The van der Waals surface area contributed by atoms with E-state index in [1.165, 1.54) is 0 Å². The van der Waals surface area contributed by atoms with Crippen LogP contribution in [0.15, 0.2) is 0 Å². The first-order valence-corrected chi connectivity index (χ1v) is 6.69. The van der Waals surface area contributed by atoms with Crippen molar-refractivity contribution in [3.05, 3.63) is 0 Å². The third kappa shape index (κ3) is 4.47. The highest BCUT2D eigenvalue weighted by Crippen LogP contribution is 2.30. The van der Waals surface area contributed by atoms with E-state index in [-0.39, 0.29) is 18.3 Å². The normalized spacial score (nSPS) is 25.1. The Labute approximate surface area is 114 Å². The number of nitrogens with one attached hydrogen (secondary N) is 1. The van der Waals surface area contributed by atoms with E-state index in [1.54, 1.807) is 14.0 Å². The number of likely N-dealkylation sites (tertiary alicyclic amines) is 1. The Bertz CT molecular complexity index is 335. The number of ether oxygens (including phenoxy) is 1. The van der Waals surface area contributed by atoms with Crippen molar-refractivity contribution >= 4 is 11.9 Å². The van der Waals surface area contributed by atoms with Crippen LogP contribution in [0.3, 0.4) is 0 Å². The van der Waals surface area contributed by atoms with Gasteiger partial charge in [0.05, 0.1) is 24.5 Å². The molecule has 1 heterocycles. The maximum Gasteiger partial charge on any atom is 0.308 e. The summed E-state index contributed by atoms with van der Waals surface area (Å²) in [5.74, 6) is -0.363. The van der Waals surface area contributed by atoms with Crippen molar-refractivity contribution in [1.29, 1.82) is 0 Å². The van der Waals surface area contributed by atoms with Crippen LogP contribution in [0.2, 0.25) is 0 Å². The van der Waals surface area contributed by atoms with Crippen LogP contribution in [0.5, 0.6) is 0 Å². The minimum atomic E-state index is -0.744. The van der Waals surface area contributed by atoms with E-state index in [1.807, 2.05) is 11.8 Å². The van der Waals surface area contributed by atoms with Gasteiger partial charge in [-0.3, -0.25) is 14.5 Å². The largest absolute Gasteiger partial charge is 0.466 e. The number of aliphatic hydroxyl groups excluding tert-OH is 1. The molecule has 1 amide bonds. The standard InChI is InChI=1S/C13H24N2O4/c1-4-19-11(17)7-10(16)8-15-6-5-13(2,9-15)12(18)14-3/h10,16H,4-9H2,1-3H3,(H,14,18). The summed E-state index contributed by atoms with van der Waals surface area (Å²) < 4.78 is 4.79. The van der Waals surface area contributed by atoms with E-state index >= 15 is 0 Å². The number of rotatable bonds is 6. The van der Waals surface area contributed by atoms with Gasteiger partial charge in [-0.2, -0.15) is 0 Å². The van der Waals surface area contributed by atoms with Gasteiger partial charge in [-0.25, -0.2) is 0 Å². The topological polar surface area (TPSA) is 78.9 Å². The summed E-state index contributed by atoms with van der Waals surface area (Å²) in [6, 6.07) is 0. The average molecular weight is 272 g/mol. The lowest BCUT2D eigenvalue weighted by Crippen LogP contribution is -2.40. The van der Waals surface area contributed by atoms with Gasteiger partial charge in [-0.15, -0.1) is 0 Å². The molecule has 0 spiro atoms. The molecule has 0 aliphatic carbocycles. The van der Waals surface area contributed by atoms with Crippen molar-refractivity contribution in [3.63, 3.8) is 0 Å². The summed E-state index contributed by atoms with van der Waals surface area (Å²) in [6.07, 6.45) is 0.0194. The molecule has 0 bridgehead atoms. The molecule has 1 rings (SSSR count). The van der Waals surface area contributed by atoms with Gasteiger partial charge >= 0.3 is 5.97 Å². The predicted molar refractivity (Wildman–Crippen MR) is 70.5 cm³/mol. The lowest BCUT2D eigenvalue weighted by atomic mass is 9.89. The van der Waals surface area contributed by atoms with E-state index < -0.39 is 11.5 Å². The van der Waals surface area contributed by atoms with Gasteiger partial charge in [0.2, 0.25) is 5.91 Å². The Hall–Kier alpha value is -1.14. The minimum Gasteiger partial charge on any atom is -0.466 e. The maximum atomic E-state index is 11.8. The number of hydrogen-bond acceptors (Lipinski definition) is 5. The Morgan fingerprint density at radius 1 is 1.53 bits per heavy atom. The number of aliphatic hydroxyl groups is 1. The minimum absolute atomic E-state index is 0.00102. The molecule has 0 aromatic carbocycles. The van der Waals surface area contributed by atoms with Crippen LogP contribution in [0, 0.1) is 5.41 Å². The summed E-state index contributed by atoms with van der Waals surface area (Å²) >= 11 is 0. The van der Waals surface area contributed by atoms with Crippen molar-refractivity contribution < 1.29 is 19.4 Å². The molecule has 1 saturated heterocycles. The molecular formula is C13H24N2O4. The van der Waals surface area contributed by atoms with Crippen LogP contribution >= 0.6 is 0 Å². The van der Waals surface area contributed by atoms with E-state index in [2.05, 4.69) is 5.32 Å². The molecule has 1 fully saturated rings. The zero-order valence-electron chi connectivity index (χ0n) is 11.9. The Balaban J connectivity index is 2.39. The zero-order valence-corrected chi connectivity index (χ0v) is 11.9. The van der Waals surface area contributed by atoms with Gasteiger partial charge in [0.1, 0.15) is 0 Å². The quantitative estimate of drug-likeness (QED) is 0.652. The lowest BCUT2D eigenvalue weighted by Gasteiger charge is -2.24. The van der Waals surface area contributed by atoms with Gasteiger partial charge < -0.3 is 15.2 Å². The van der Waals surface area contributed by atoms with Crippen molar-refractivity contribution in [2.75, 3.05) is 33.3 Å². The molecule has 2 atom stereocenters. The van der Waals surface area contributed by atoms with E-state index in [0.29, 0.717) is 19.7 Å². The molecule has 0 aromatic rings. The predicted octanol–water partition coefficient (Wildman–Crippen LogP) is -0.241. The smallest absolute Gasteiger partial charge is 0.308 e. The summed E-state index contributed by atoms with van der Waals surface area (Å²) in [4.78, 5) is 25.0. The second-order valence-electron chi connectivity index (χ2n) is 5.29. The number of amides is 1. The molecule has 6 nitrogen and oxygen atoms in total. The molecular weight excluding hydrogens is 248 g/mol. The molecule has 2 unspecified atom stereocenters. The highest BCUT2D eigenvalue weighted by atomic mass is 16.5. The SMILES string of the molecule is CCOC(=O)CC(O)CN1CCC(C)(C(=O)NC)C1. The Kier molecular flexibility index (Phi) is 5.75. The van der Waals surface area contributed by atoms with Crippen LogP contribution < -0.4 is 5.32 Å². The highest BCUT2D eigenvalue weighted by molar-refractivity contribution is 5.82. The first kappa shape index (κ1) is 15.9. The van der Waals surface area contributed by atoms with Gasteiger partial charge in [-0.1, -0.05) is 0 Å². The lowest BCUT2D eigenvalue weighted by molar-refractivity contribution is -0.145. The average Bonchev–Trinajstić information content (AvgIpc) is 2.71. The maximum absolute atomic E-state index is 11.8. The molecule has 6 heteroatoms. The zero-order chi connectivity index (χ0) is 14.5. The Morgan fingerprint density at radius 3 is 2.79 bits per heavy atom. The van der Waals surface area contributed by atoms with Gasteiger partial charge in [0.15, 0.2) is 0 Å².